The van der Waals surface area contributed by atoms with E-state index in [1.165, 1.54) is 0 Å². The molecular formula is C8H7N2O2S2-. The highest BCUT2D eigenvalue weighted by molar-refractivity contribution is 7.80. The quantitative estimate of drug-likeness (QED) is 0.796. The van der Waals surface area contributed by atoms with E-state index in [0.717, 1.165) is 15.2 Å². The van der Waals surface area contributed by atoms with Crippen LogP contribution in [0, 0.1) is 6.92 Å². The summed E-state index contributed by atoms with van der Waals surface area (Å²) in [5.74, 6) is 0. The summed E-state index contributed by atoms with van der Waals surface area (Å²) in [6.07, 6.45) is 0. The average molecular weight is 227 g/mol. The topological polar surface area (TPSA) is 65.0 Å². The predicted molar refractivity (Wildman–Crippen MR) is 56.9 cm³/mol. The van der Waals surface area contributed by atoms with E-state index in [4.69, 9.17) is 0 Å². The second-order valence-corrected chi connectivity index (χ2v) is 4.66. The van der Waals surface area contributed by atoms with Crippen LogP contribution in [-0.4, -0.2) is 13.7 Å². The van der Waals surface area contributed by atoms with E-state index in [0.29, 0.717) is 5.69 Å². The first kappa shape index (κ1) is 9.57. The van der Waals surface area contributed by atoms with Crippen LogP contribution in [0.5, 0.6) is 0 Å². The fourth-order valence-corrected chi connectivity index (χ4v) is 2.39. The Morgan fingerprint density at radius 3 is 3.07 bits per heavy atom. The van der Waals surface area contributed by atoms with Crippen molar-refractivity contribution in [3.63, 3.8) is 0 Å². The Hall–Kier alpha value is -0.980. The molecule has 2 rings (SSSR count). The highest BCUT2D eigenvalue weighted by Crippen LogP contribution is 2.24. The molecule has 0 bridgehead atoms. The van der Waals surface area contributed by atoms with Crippen LogP contribution in [0.15, 0.2) is 18.2 Å². The van der Waals surface area contributed by atoms with Crippen molar-refractivity contribution < 1.29 is 8.76 Å². The Morgan fingerprint density at radius 1 is 1.57 bits per heavy atom. The zero-order chi connectivity index (χ0) is 10.1. The van der Waals surface area contributed by atoms with Crippen LogP contribution in [-0.2, 0) is 11.3 Å². The molecule has 0 fully saturated rings. The number of nitrogens with zero attached hydrogens (tertiary/aromatic N) is 1. The summed E-state index contributed by atoms with van der Waals surface area (Å²) in [6.45, 7) is 1.92. The molecule has 1 N–H and O–H groups in total. The summed E-state index contributed by atoms with van der Waals surface area (Å²) in [6, 6.07) is 5.26. The van der Waals surface area contributed by atoms with Crippen molar-refractivity contribution >= 4 is 38.5 Å². The Kier molecular flexibility index (Phi) is 2.49. The molecule has 74 valence electrons. The lowest BCUT2D eigenvalue weighted by Gasteiger charge is -2.07. The fraction of sp³-hybridized carbons (Fsp3) is 0.125. The maximum absolute atomic E-state index is 10.4. The molecule has 0 aliphatic rings. The largest absolute Gasteiger partial charge is 0.755 e. The Labute approximate surface area is 87.4 Å². The van der Waals surface area contributed by atoms with Crippen LogP contribution in [0.2, 0.25) is 0 Å². The van der Waals surface area contributed by atoms with Crippen molar-refractivity contribution in [1.29, 1.82) is 0 Å². The van der Waals surface area contributed by atoms with Gasteiger partial charge in [-0.15, -0.1) is 11.3 Å². The third-order valence-electron chi connectivity index (χ3n) is 1.70. The third kappa shape index (κ3) is 1.92. The molecule has 1 atom stereocenters. The first-order valence-corrected chi connectivity index (χ1v) is 5.77. The molecule has 1 aromatic carbocycles. The monoisotopic (exact) mass is 227 g/mol. The molecule has 0 aliphatic heterocycles. The average Bonchev–Trinajstić information content (AvgIpc) is 2.42. The third-order valence-corrected chi connectivity index (χ3v) is 3.03. The van der Waals surface area contributed by atoms with Crippen molar-refractivity contribution in [2.75, 3.05) is 4.72 Å². The van der Waals surface area contributed by atoms with Gasteiger partial charge in [0, 0.05) is 17.0 Å². The van der Waals surface area contributed by atoms with Gasteiger partial charge in [0.05, 0.1) is 15.2 Å². The zero-order valence-electron chi connectivity index (χ0n) is 7.31. The molecule has 0 spiro atoms. The molecule has 6 heteroatoms. The molecule has 0 radical (unpaired) electrons. The van der Waals surface area contributed by atoms with Crippen LogP contribution < -0.4 is 4.72 Å². The van der Waals surface area contributed by atoms with Gasteiger partial charge in [0.25, 0.3) is 0 Å². The smallest absolute Gasteiger partial charge is 0.0907 e. The first-order valence-electron chi connectivity index (χ1n) is 3.88. The van der Waals surface area contributed by atoms with Crippen molar-refractivity contribution in [2.24, 2.45) is 0 Å². The summed E-state index contributed by atoms with van der Waals surface area (Å²) in [5.41, 5.74) is 1.46. The molecule has 0 aliphatic carbocycles. The fourth-order valence-electron chi connectivity index (χ4n) is 1.20. The lowest BCUT2D eigenvalue weighted by molar-refractivity contribution is 0.542. The van der Waals surface area contributed by atoms with Gasteiger partial charge in [0.15, 0.2) is 0 Å². The van der Waals surface area contributed by atoms with Crippen molar-refractivity contribution in [2.45, 2.75) is 6.92 Å². The van der Waals surface area contributed by atoms with Gasteiger partial charge in [-0.05, 0) is 25.1 Å². The van der Waals surface area contributed by atoms with E-state index in [9.17, 15) is 8.76 Å². The molecule has 1 unspecified atom stereocenters. The Balaban J connectivity index is 2.45. The lowest BCUT2D eigenvalue weighted by atomic mass is 10.3. The van der Waals surface area contributed by atoms with Crippen molar-refractivity contribution in [3.8, 4) is 0 Å². The van der Waals surface area contributed by atoms with E-state index in [2.05, 4.69) is 9.71 Å². The van der Waals surface area contributed by atoms with Crippen LogP contribution >= 0.6 is 11.3 Å². The van der Waals surface area contributed by atoms with Crippen molar-refractivity contribution in [1.82, 2.24) is 4.98 Å². The van der Waals surface area contributed by atoms with Crippen LogP contribution in [0.4, 0.5) is 5.69 Å². The number of benzene rings is 1. The van der Waals surface area contributed by atoms with Gasteiger partial charge >= 0.3 is 0 Å². The van der Waals surface area contributed by atoms with E-state index in [1.807, 2.05) is 6.92 Å². The molecule has 1 aromatic heterocycles. The summed E-state index contributed by atoms with van der Waals surface area (Å²) < 4.78 is 24.1. The number of nitrogens with one attached hydrogen (secondary N) is 1. The summed E-state index contributed by atoms with van der Waals surface area (Å²) in [4.78, 5) is 4.27. The van der Waals surface area contributed by atoms with E-state index in [1.54, 1.807) is 29.5 Å². The zero-order valence-corrected chi connectivity index (χ0v) is 8.95. The van der Waals surface area contributed by atoms with E-state index >= 15 is 0 Å². The lowest BCUT2D eigenvalue weighted by Crippen LogP contribution is -2.01. The second kappa shape index (κ2) is 3.64. The van der Waals surface area contributed by atoms with E-state index < -0.39 is 11.3 Å². The van der Waals surface area contributed by atoms with Crippen LogP contribution in [0.3, 0.4) is 0 Å². The summed E-state index contributed by atoms with van der Waals surface area (Å²) >= 11 is -0.727. The highest BCUT2D eigenvalue weighted by Gasteiger charge is 2.00. The molecule has 0 saturated carbocycles. The van der Waals surface area contributed by atoms with Gasteiger partial charge in [-0.1, -0.05) is 0 Å². The molecule has 2 aromatic rings. The normalized spacial score (nSPS) is 13.0. The van der Waals surface area contributed by atoms with Crippen LogP contribution in [0.25, 0.3) is 10.2 Å². The summed E-state index contributed by atoms with van der Waals surface area (Å²) in [5, 5.41) is 0.973. The first-order chi connectivity index (χ1) is 6.65. The number of aryl methyl sites for hydroxylation is 1. The number of thiazole rings is 1. The number of rotatable bonds is 2. The highest BCUT2D eigenvalue weighted by atomic mass is 32.2. The van der Waals surface area contributed by atoms with Crippen molar-refractivity contribution in [3.05, 3.63) is 23.2 Å². The van der Waals surface area contributed by atoms with Gasteiger partial charge in [-0.3, -0.25) is 4.21 Å². The Morgan fingerprint density at radius 2 is 2.36 bits per heavy atom. The summed E-state index contributed by atoms with van der Waals surface area (Å²) in [7, 11) is 0. The maximum atomic E-state index is 10.4. The maximum Gasteiger partial charge on any atom is 0.0907 e. The second-order valence-electron chi connectivity index (χ2n) is 2.75. The molecule has 0 amide bonds. The number of hydrogen-bond donors (Lipinski definition) is 1. The molecular weight excluding hydrogens is 220 g/mol. The number of anilines is 1. The number of hydrogen-bond acceptors (Lipinski definition) is 4. The predicted octanol–water partition coefficient (Wildman–Crippen LogP) is 1.81. The van der Waals surface area contributed by atoms with Gasteiger partial charge in [-0.2, -0.15) is 0 Å². The standard InChI is InChI=1S/C8H8N2O2S2/c1-5-9-7-3-2-6(10-14(11)12)4-8(7)13-5/h2-4,10H,1H3,(H,11,12)/p-1. The SMILES string of the molecule is Cc1nc2ccc(NS(=O)[O-])cc2s1. The minimum Gasteiger partial charge on any atom is -0.755 e. The minimum absolute atomic E-state index is 0.564. The Bertz CT molecular complexity index is 495. The van der Waals surface area contributed by atoms with Gasteiger partial charge in [-0.25, -0.2) is 4.98 Å². The number of fused-ring (bicyclic) bond motifs is 1. The number of aromatic nitrogens is 1. The molecule has 14 heavy (non-hydrogen) atoms. The van der Waals surface area contributed by atoms with E-state index in [-0.39, 0.29) is 0 Å². The molecule has 1 heterocycles. The van der Waals surface area contributed by atoms with Gasteiger partial charge < -0.3 is 9.27 Å². The van der Waals surface area contributed by atoms with Gasteiger partial charge in [0.1, 0.15) is 0 Å². The van der Waals surface area contributed by atoms with Crippen LogP contribution in [0.1, 0.15) is 5.01 Å². The minimum atomic E-state index is -2.27. The molecule has 0 saturated heterocycles. The van der Waals surface area contributed by atoms with Gasteiger partial charge in [0.2, 0.25) is 0 Å². The molecule has 4 nitrogen and oxygen atoms in total.